The largest absolute Gasteiger partial charge is 0.361 e. The van der Waals surface area contributed by atoms with E-state index in [0.29, 0.717) is 12.3 Å². The summed E-state index contributed by atoms with van der Waals surface area (Å²) in [5, 5.41) is 0. The number of carbonyl (C=O) groups is 1. The second-order valence-corrected chi connectivity index (χ2v) is 4.39. The number of halogens is 1. The van der Waals surface area contributed by atoms with Gasteiger partial charge in [0, 0.05) is 16.6 Å². The molecule has 1 heterocycles. The molecule has 2 rings (SSSR count). The predicted octanol–water partition coefficient (Wildman–Crippen LogP) is 2.27. The molecule has 0 spiro atoms. The molecule has 80 valence electrons. The van der Waals surface area contributed by atoms with E-state index < -0.39 is 0 Å². The van der Waals surface area contributed by atoms with Gasteiger partial charge >= 0.3 is 0 Å². The molecule has 0 bridgehead atoms. The molecule has 0 saturated carbocycles. The Kier molecular flexibility index (Phi) is 3.38. The molecule has 3 nitrogen and oxygen atoms in total. The smallest absolute Gasteiger partial charge is 0.255 e. The molecular weight excluding hydrogens is 258 g/mol. The highest BCUT2D eigenvalue weighted by Gasteiger charge is 2.18. The van der Waals surface area contributed by atoms with Crippen molar-refractivity contribution in [3.8, 4) is 0 Å². The van der Waals surface area contributed by atoms with Gasteiger partial charge in [-0.2, -0.15) is 0 Å². The third-order valence-corrected chi connectivity index (χ3v) is 2.82. The Morgan fingerprint density at radius 2 is 2.33 bits per heavy atom. The molecule has 0 unspecified atom stereocenters. The van der Waals surface area contributed by atoms with Gasteiger partial charge in [-0.05, 0) is 24.6 Å². The van der Waals surface area contributed by atoms with Gasteiger partial charge in [0.25, 0.3) is 5.91 Å². The average molecular weight is 270 g/mol. The van der Waals surface area contributed by atoms with Gasteiger partial charge in [-0.3, -0.25) is 4.79 Å². The molecule has 4 heteroatoms. The molecule has 1 amide bonds. The standard InChI is InChI=1S/C11H12BrNO2/c12-10-4-1-3-9(7-10)11(14)13-5-2-6-15-8-13/h1,3-4,7H,2,5-6,8H2. The first kappa shape index (κ1) is 10.6. The van der Waals surface area contributed by atoms with E-state index >= 15 is 0 Å². The summed E-state index contributed by atoms with van der Waals surface area (Å²) in [6, 6.07) is 7.42. The van der Waals surface area contributed by atoms with Gasteiger partial charge in [-0.15, -0.1) is 0 Å². The Hall–Kier alpha value is -0.870. The van der Waals surface area contributed by atoms with Crippen LogP contribution in [0.1, 0.15) is 16.8 Å². The highest BCUT2D eigenvalue weighted by molar-refractivity contribution is 9.10. The van der Waals surface area contributed by atoms with Crippen molar-refractivity contribution in [2.75, 3.05) is 19.9 Å². The molecule has 1 aliphatic heterocycles. The minimum absolute atomic E-state index is 0.0380. The minimum atomic E-state index is 0.0380. The van der Waals surface area contributed by atoms with Gasteiger partial charge < -0.3 is 9.64 Å². The topological polar surface area (TPSA) is 29.5 Å². The van der Waals surface area contributed by atoms with Crippen LogP contribution in [0, 0.1) is 0 Å². The summed E-state index contributed by atoms with van der Waals surface area (Å²) >= 11 is 3.35. The molecule has 0 atom stereocenters. The van der Waals surface area contributed by atoms with E-state index in [2.05, 4.69) is 15.9 Å². The van der Waals surface area contributed by atoms with Crippen molar-refractivity contribution in [1.82, 2.24) is 4.90 Å². The Morgan fingerprint density at radius 3 is 3.00 bits per heavy atom. The lowest BCUT2D eigenvalue weighted by Gasteiger charge is -2.26. The molecule has 0 aromatic heterocycles. The van der Waals surface area contributed by atoms with Gasteiger partial charge in [0.1, 0.15) is 6.73 Å². The first-order valence-corrected chi connectivity index (χ1v) is 5.69. The van der Waals surface area contributed by atoms with Crippen LogP contribution >= 0.6 is 15.9 Å². The minimum Gasteiger partial charge on any atom is -0.361 e. The number of rotatable bonds is 1. The van der Waals surface area contributed by atoms with E-state index in [-0.39, 0.29) is 5.91 Å². The second kappa shape index (κ2) is 4.77. The zero-order valence-electron chi connectivity index (χ0n) is 8.28. The van der Waals surface area contributed by atoms with E-state index in [1.807, 2.05) is 24.3 Å². The maximum absolute atomic E-state index is 12.0. The van der Waals surface area contributed by atoms with Crippen molar-refractivity contribution in [1.29, 1.82) is 0 Å². The lowest BCUT2D eigenvalue weighted by Crippen LogP contribution is -2.38. The van der Waals surface area contributed by atoms with Gasteiger partial charge in [0.05, 0.1) is 6.61 Å². The molecule has 1 aromatic carbocycles. The highest BCUT2D eigenvalue weighted by atomic mass is 79.9. The van der Waals surface area contributed by atoms with Crippen molar-refractivity contribution in [3.63, 3.8) is 0 Å². The van der Waals surface area contributed by atoms with E-state index in [9.17, 15) is 4.79 Å². The summed E-state index contributed by atoms with van der Waals surface area (Å²) in [4.78, 5) is 13.7. The second-order valence-electron chi connectivity index (χ2n) is 3.47. The van der Waals surface area contributed by atoms with Crippen LogP contribution in [0.2, 0.25) is 0 Å². The fourth-order valence-corrected chi connectivity index (χ4v) is 1.96. The molecule has 15 heavy (non-hydrogen) atoms. The SMILES string of the molecule is O=C(c1cccc(Br)c1)N1CCCOC1. The van der Waals surface area contributed by atoms with Crippen LogP contribution in [0.3, 0.4) is 0 Å². The average Bonchev–Trinajstić information content (AvgIpc) is 2.29. The van der Waals surface area contributed by atoms with Crippen molar-refractivity contribution in [2.24, 2.45) is 0 Å². The Labute approximate surface area is 97.2 Å². The molecular formula is C11H12BrNO2. The molecule has 1 saturated heterocycles. The summed E-state index contributed by atoms with van der Waals surface area (Å²) in [6.45, 7) is 1.94. The van der Waals surface area contributed by atoms with Crippen molar-refractivity contribution in [3.05, 3.63) is 34.3 Å². The quantitative estimate of drug-likeness (QED) is 0.783. The van der Waals surface area contributed by atoms with Crippen LogP contribution in [0.5, 0.6) is 0 Å². The van der Waals surface area contributed by atoms with Crippen LogP contribution in [0.15, 0.2) is 28.7 Å². The summed E-state index contributed by atoms with van der Waals surface area (Å²) < 4.78 is 6.17. The zero-order valence-corrected chi connectivity index (χ0v) is 9.87. The van der Waals surface area contributed by atoms with Crippen molar-refractivity contribution < 1.29 is 9.53 Å². The monoisotopic (exact) mass is 269 g/mol. The van der Waals surface area contributed by atoms with Gasteiger partial charge in [0.15, 0.2) is 0 Å². The van der Waals surface area contributed by atoms with E-state index in [4.69, 9.17) is 4.74 Å². The maximum Gasteiger partial charge on any atom is 0.255 e. The van der Waals surface area contributed by atoms with Gasteiger partial charge in [0.2, 0.25) is 0 Å². The molecule has 0 N–H and O–H groups in total. The Bertz CT molecular complexity index is 361. The number of hydrogen-bond donors (Lipinski definition) is 0. The van der Waals surface area contributed by atoms with Crippen molar-refractivity contribution in [2.45, 2.75) is 6.42 Å². The normalized spacial score (nSPS) is 16.5. The van der Waals surface area contributed by atoms with E-state index in [1.54, 1.807) is 4.90 Å². The number of amides is 1. The maximum atomic E-state index is 12.0. The summed E-state index contributed by atoms with van der Waals surface area (Å²) in [7, 11) is 0. The number of hydrogen-bond acceptors (Lipinski definition) is 2. The first-order valence-electron chi connectivity index (χ1n) is 4.90. The molecule has 1 aliphatic rings. The van der Waals surface area contributed by atoms with Crippen LogP contribution in [0.25, 0.3) is 0 Å². The number of nitrogens with zero attached hydrogens (tertiary/aromatic N) is 1. The molecule has 0 radical (unpaired) electrons. The van der Waals surface area contributed by atoms with Crippen LogP contribution < -0.4 is 0 Å². The van der Waals surface area contributed by atoms with Crippen LogP contribution in [0.4, 0.5) is 0 Å². The van der Waals surface area contributed by atoms with E-state index in [1.165, 1.54) is 0 Å². The number of carbonyl (C=O) groups excluding carboxylic acids is 1. The van der Waals surface area contributed by atoms with Gasteiger partial charge in [-0.1, -0.05) is 22.0 Å². The fraction of sp³-hybridized carbons (Fsp3) is 0.364. The number of benzene rings is 1. The van der Waals surface area contributed by atoms with Crippen LogP contribution in [-0.4, -0.2) is 30.7 Å². The third-order valence-electron chi connectivity index (χ3n) is 2.32. The number of ether oxygens (including phenoxy) is 1. The first-order chi connectivity index (χ1) is 7.27. The van der Waals surface area contributed by atoms with Crippen molar-refractivity contribution >= 4 is 21.8 Å². The van der Waals surface area contributed by atoms with Gasteiger partial charge in [-0.25, -0.2) is 0 Å². The zero-order chi connectivity index (χ0) is 10.7. The molecule has 0 aliphatic carbocycles. The highest BCUT2D eigenvalue weighted by Crippen LogP contribution is 2.14. The summed E-state index contributed by atoms with van der Waals surface area (Å²) in [5.41, 5.74) is 0.704. The third kappa shape index (κ3) is 2.58. The summed E-state index contributed by atoms with van der Waals surface area (Å²) in [5.74, 6) is 0.0380. The Morgan fingerprint density at radius 1 is 1.47 bits per heavy atom. The fourth-order valence-electron chi connectivity index (χ4n) is 1.56. The van der Waals surface area contributed by atoms with E-state index in [0.717, 1.165) is 24.0 Å². The molecule has 1 aromatic rings. The lowest BCUT2D eigenvalue weighted by molar-refractivity contribution is -0.00571. The summed E-state index contributed by atoms with van der Waals surface area (Å²) in [6.07, 6.45) is 0.916. The molecule has 1 fully saturated rings. The predicted molar refractivity (Wildman–Crippen MR) is 60.6 cm³/mol. The Balaban J connectivity index is 2.12. The lowest BCUT2D eigenvalue weighted by atomic mass is 10.2. The van der Waals surface area contributed by atoms with Crippen LogP contribution in [-0.2, 0) is 4.74 Å².